The van der Waals surface area contributed by atoms with E-state index in [1.54, 1.807) is 13.3 Å². The summed E-state index contributed by atoms with van der Waals surface area (Å²) in [7, 11) is 1.60. The Labute approximate surface area is 169 Å². The quantitative estimate of drug-likeness (QED) is 0.707. The van der Waals surface area contributed by atoms with E-state index in [0.717, 1.165) is 29.9 Å². The summed E-state index contributed by atoms with van der Waals surface area (Å²) in [6.45, 7) is 6.00. The molecule has 1 aliphatic rings. The number of aromatic nitrogens is 1. The number of amides is 1. The fourth-order valence-corrected chi connectivity index (χ4v) is 3.77. The van der Waals surface area contributed by atoms with Gasteiger partial charge in [-0.3, -0.25) is 4.79 Å². The van der Waals surface area contributed by atoms with E-state index in [4.69, 9.17) is 13.9 Å². The number of carbonyl (C=O) groups excluding carboxylic acids is 1. The largest absolute Gasteiger partial charge is 0.451 e. The SMILES string of the molecule is COCc1c(C(=O)Nc2ccc(N3CC(C)OC(C)C3)nc2)oc2ccccc12. The molecule has 3 aromatic rings. The molecular formula is C22H25N3O4. The number of methoxy groups -OCH3 is 1. The molecule has 0 bridgehead atoms. The van der Waals surface area contributed by atoms with Crippen LogP contribution in [0.25, 0.3) is 11.0 Å². The molecule has 7 heteroatoms. The molecule has 0 spiro atoms. The van der Waals surface area contributed by atoms with Gasteiger partial charge in [0.2, 0.25) is 0 Å². The molecule has 1 saturated heterocycles. The number of benzene rings is 1. The van der Waals surface area contributed by atoms with Gasteiger partial charge in [-0.15, -0.1) is 0 Å². The number of nitrogens with zero attached hydrogens (tertiary/aromatic N) is 2. The monoisotopic (exact) mass is 395 g/mol. The molecular weight excluding hydrogens is 370 g/mol. The Morgan fingerprint density at radius 2 is 1.97 bits per heavy atom. The van der Waals surface area contributed by atoms with Crippen LogP contribution in [0.15, 0.2) is 47.0 Å². The van der Waals surface area contributed by atoms with Crippen molar-refractivity contribution in [2.75, 3.05) is 30.4 Å². The van der Waals surface area contributed by atoms with Crippen molar-refractivity contribution in [3.05, 3.63) is 53.9 Å². The summed E-state index contributed by atoms with van der Waals surface area (Å²) in [5.41, 5.74) is 2.01. The number of fused-ring (bicyclic) bond motifs is 1. The predicted octanol–water partition coefficient (Wildman–Crippen LogP) is 3.84. The van der Waals surface area contributed by atoms with Gasteiger partial charge in [0, 0.05) is 31.1 Å². The number of ether oxygens (including phenoxy) is 2. The van der Waals surface area contributed by atoms with Gasteiger partial charge in [-0.1, -0.05) is 18.2 Å². The molecule has 3 heterocycles. The van der Waals surface area contributed by atoms with E-state index in [-0.39, 0.29) is 23.9 Å². The average molecular weight is 395 g/mol. The van der Waals surface area contributed by atoms with Gasteiger partial charge in [-0.2, -0.15) is 0 Å². The van der Waals surface area contributed by atoms with E-state index in [0.29, 0.717) is 17.9 Å². The number of furan rings is 1. The first-order valence-electron chi connectivity index (χ1n) is 9.72. The van der Waals surface area contributed by atoms with Crippen LogP contribution in [0.4, 0.5) is 11.5 Å². The van der Waals surface area contributed by atoms with E-state index in [1.165, 1.54) is 0 Å². The Morgan fingerprint density at radius 3 is 2.66 bits per heavy atom. The van der Waals surface area contributed by atoms with Crippen molar-refractivity contribution >= 4 is 28.4 Å². The Morgan fingerprint density at radius 1 is 1.21 bits per heavy atom. The maximum absolute atomic E-state index is 12.8. The zero-order valence-corrected chi connectivity index (χ0v) is 16.8. The van der Waals surface area contributed by atoms with Crippen molar-refractivity contribution in [3.63, 3.8) is 0 Å². The number of morpholine rings is 1. The van der Waals surface area contributed by atoms with Gasteiger partial charge >= 0.3 is 0 Å². The maximum Gasteiger partial charge on any atom is 0.291 e. The van der Waals surface area contributed by atoms with Crippen molar-refractivity contribution in [1.82, 2.24) is 4.98 Å². The number of hydrogen-bond acceptors (Lipinski definition) is 6. The Hall–Kier alpha value is -2.90. The number of rotatable bonds is 5. The van der Waals surface area contributed by atoms with Crippen LogP contribution in [0.2, 0.25) is 0 Å². The van der Waals surface area contributed by atoms with Crippen LogP contribution in [0.3, 0.4) is 0 Å². The number of carbonyl (C=O) groups is 1. The van der Waals surface area contributed by atoms with Crippen LogP contribution < -0.4 is 10.2 Å². The van der Waals surface area contributed by atoms with Crippen LogP contribution in [0, 0.1) is 0 Å². The van der Waals surface area contributed by atoms with E-state index in [9.17, 15) is 4.79 Å². The molecule has 1 fully saturated rings. The molecule has 152 valence electrons. The minimum absolute atomic E-state index is 0.159. The highest BCUT2D eigenvalue weighted by molar-refractivity contribution is 6.06. The highest BCUT2D eigenvalue weighted by Gasteiger charge is 2.24. The van der Waals surface area contributed by atoms with Crippen molar-refractivity contribution in [2.24, 2.45) is 0 Å². The van der Waals surface area contributed by atoms with Gasteiger partial charge in [0.15, 0.2) is 5.76 Å². The van der Waals surface area contributed by atoms with E-state index in [1.807, 2.05) is 36.4 Å². The van der Waals surface area contributed by atoms with Crippen LogP contribution in [-0.4, -0.2) is 43.3 Å². The highest BCUT2D eigenvalue weighted by Crippen LogP contribution is 2.27. The summed E-state index contributed by atoms with van der Waals surface area (Å²) in [6, 6.07) is 11.3. The van der Waals surface area contributed by atoms with Gasteiger partial charge in [0.1, 0.15) is 11.4 Å². The Balaban J connectivity index is 1.52. The molecule has 29 heavy (non-hydrogen) atoms. The molecule has 2 atom stereocenters. The molecule has 0 aliphatic carbocycles. The second-order valence-electron chi connectivity index (χ2n) is 7.36. The highest BCUT2D eigenvalue weighted by atomic mass is 16.5. The molecule has 4 rings (SSSR count). The van der Waals surface area contributed by atoms with Gasteiger partial charge in [-0.25, -0.2) is 4.98 Å². The van der Waals surface area contributed by atoms with Gasteiger partial charge in [0.25, 0.3) is 5.91 Å². The lowest BCUT2D eigenvalue weighted by atomic mass is 10.1. The fourth-order valence-electron chi connectivity index (χ4n) is 3.77. The summed E-state index contributed by atoms with van der Waals surface area (Å²) < 4.78 is 16.8. The summed E-state index contributed by atoms with van der Waals surface area (Å²) >= 11 is 0. The third kappa shape index (κ3) is 4.11. The molecule has 7 nitrogen and oxygen atoms in total. The molecule has 1 aliphatic heterocycles. The first-order chi connectivity index (χ1) is 14.0. The summed E-state index contributed by atoms with van der Waals surface area (Å²) in [5.74, 6) is 0.804. The van der Waals surface area contributed by atoms with E-state index < -0.39 is 0 Å². The number of pyridine rings is 1. The van der Waals surface area contributed by atoms with E-state index in [2.05, 4.69) is 29.0 Å². The Bertz CT molecular complexity index is 989. The summed E-state index contributed by atoms with van der Waals surface area (Å²) in [6.07, 6.45) is 1.98. The molecule has 1 amide bonds. The number of hydrogen-bond donors (Lipinski definition) is 1. The van der Waals surface area contributed by atoms with Gasteiger partial charge in [0.05, 0.1) is 30.7 Å². The normalized spacial score (nSPS) is 19.5. The first kappa shape index (κ1) is 19.4. The number of nitrogens with one attached hydrogen (secondary N) is 1. The standard InChI is InChI=1S/C22H25N3O4/c1-14-11-25(12-15(2)28-14)20-9-8-16(10-23-20)24-22(26)21-18(13-27-3)17-6-4-5-7-19(17)29-21/h4-10,14-15H,11-13H2,1-3H3,(H,24,26). The van der Waals surface area contributed by atoms with Gasteiger partial charge in [-0.05, 0) is 32.0 Å². The Kier molecular flexibility index (Phi) is 5.51. The van der Waals surface area contributed by atoms with Crippen LogP contribution in [0.1, 0.15) is 30.0 Å². The van der Waals surface area contributed by atoms with Crippen LogP contribution in [-0.2, 0) is 16.1 Å². The first-order valence-corrected chi connectivity index (χ1v) is 9.72. The minimum Gasteiger partial charge on any atom is -0.451 e. The second-order valence-corrected chi connectivity index (χ2v) is 7.36. The van der Waals surface area contributed by atoms with Crippen molar-refractivity contribution in [1.29, 1.82) is 0 Å². The van der Waals surface area contributed by atoms with Crippen molar-refractivity contribution in [3.8, 4) is 0 Å². The lowest BCUT2D eigenvalue weighted by molar-refractivity contribution is -0.00545. The fraction of sp³-hybridized carbons (Fsp3) is 0.364. The zero-order valence-electron chi connectivity index (χ0n) is 16.8. The van der Waals surface area contributed by atoms with Crippen LogP contribution in [0.5, 0.6) is 0 Å². The second kappa shape index (κ2) is 8.23. The van der Waals surface area contributed by atoms with Crippen molar-refractivity contribution < 1.29 is 18.7 Å². The number of anilines is 2. The average Bonchev–Trinajstić information content (AvgIpc) is 3.07. The van der Waals surface area contributed by atoms with Gasteiger partial charge < -0.3 is 24.1 Å². The third-order valence-corrected chi connectivity index (χ3v) is 4.94. The molecule has 0 saturated carbocycles. The smallest absolute Gasteiger partial charge is 0.291 e. The van der Waals surface area contributed by atoms with Crippen LogP contribution >= 0.6 is 0 Å². The summed E-state index contributed by atoms with van der Waals surface area (Å²) in [5, 5.41) is 3.75. The number of para-hydroxylation sites is 1. The van der Waals surface area contributed by atoms with Crippen molar-refractivity contribution in [2.45, 2.75) is 32.7 Å². The lowest BCUT2D eigenvalue weighted by Crippen LogP contribution is -2.45. The molecule has 1 N–H and O–H groups in total. The summed E-state index contributed by atoms with van der Waals surface area (Å²) in [4.78, 5) is 19.6. The lowest BCUT2D eigenvalue weighted by Gasteiger charge is -2.36. The molecule has 2 aromatic heterocycles. The third-order valence-electron chi connectivity index (χ3n) is 4.94. The van der Waals surface area contributed by atoms with E-state index >= 15 is 0 Å². The predicted molar refractivity (Wildman–Crippen MR) is 111 cm³/mol. The molecule has 2 unspecified atom stereocenters. The molecule has 0 radical (unpaired) electrons. The molecule has 1 aromatic carbocycles. The topological polar surface area (TPSA) is 76.8 Å². The maximum atomic E-state index is 12.8. The zero-order chi connectivity index (χ0) is 20.4. The minimum atomic E-state index is -0.323.